The third-order valence-electron chi connectivity index (χ3n) is 2.85. The van der Waals surface area contributed by atoms with Gasteiger partial charge in [-0.05, 0) is 36.4 Å². The van der Waals surface area contributed by atoms with Gasteiger partial charge in [0, 0.05) is 5.56 Å². The summed E-state index contributed by atoms with van der Waals surface area (Å²) in [6.07, 6.45) is 1.42. The Morgan fingerprint density at radius 3 is 2.50 bits per heavy atom. The maximum absolute atomic E-state index is 12.9. The van der Waals surface area contributed by atoms with E-state index in [9.17, 15) is 8.60 Å². The SMILES string of the molecule is O=S(O)Cc1ccc(-c2coc(-c3ccc(F)cc3)n2)nn1. The first kappa shape index (κ1) is 14.5. The molecule has 3 aromatic rings. The summed E-state index contributed by atoms with van der Waals surface area (Å²) >= 11 is -1.96. The van der Waals surface area contributed by atoms with Gasteiger partial charge in [0.15, 0.2) is 11.1 Å². The third-order valence-corrected chi connectivity index (χ3v) is 3.39. The van der Waals surface area contributed by atoms with Crippen molar-refractivity contribution in [2.24, 2.45) is 0 Å². The number of aromatic nitrogens is 3. The van der Waals surface area contributed by atoms with Gasteiger partial charge in [0.2, 0.25) is 5.89 Å². The van der Waals surface area contributed by atoms with E-state index in [0.29, 0.717) is 28.5 Å². The molecule has 0 amide bonds. The van der Waals surface area contributed by atoms with Gasteiger partial charge in [-0.3, -0.25) is 0 Å². The molecular weight excluding hydrogens is 309 g/mol. The van der Waals surface area contributed by atoms with Crippen LogP contribution in [0, 0.1) is 5.82 Å². The Morgan fingerprint density at radius 2 is 1.86 bits per heavy atom. The summed E-state index contributed by atoms with van der Waals surface area (Å²) < 4.78 is 37.7. The highest BCUT2D eigenvalue weighted by atomic mass is 32.2. The summed E-state index contributed by atoms with van der Waals surface area (Å²) in [4.78, 5) is 4.27. The average molecular weight is 319 g/mol. The standard InChI is InChI=1S/C14H10FN3O3S/c15-10-3-1-9(2-4-10)14-16-13(7-21-14)12-6-5-11(17-18-12)8-22(19)20/h1-7H,8H2,(H,19,20). The second kappa shape index (κ2) is 6.12. The highest BCUT2D eigenvalue weighted by Gasteiger charge is 2.10. The molecular formula is C14H10FN3O3S. The maximum atomic E-state index is 12.9. The zero-order valence-corrected chi connectivity index (χ0v) is 12.0. The summed E-state index contributed by atoms with van der Waals surface area (Å²) in [5, 5.41) is 7.80. The van der Waals surface area contributed by atoms with Gasteiger partial charge in [0.25, 0.3) is 0 Å². The molecule has 112 valence electrons. The first-order valence-corrected chi connectivity index (χ1v) is 7.51. The Balaban J connectivity index is 1.84. The topological polar surface area (TPSA) is 89.1 Å². The van der Waals surface area contributed by atoms with E-state index in [-0.39, 0.29) is 11.6 Å². The van der Waals surface area contributed by atoms with Crippen molar-refractivity contribution in [1.29, 1.82) is 0 Å². The average Bonchev–Trinajstić information content (AvgIpc) is 2.98. The molecule has 0 aliphatic rings. The molecule has 0 saturated heterocycles. The molecule has 2 heterocycles. The van der Waals surface area contributed by atoms with E-state index in [1.807, 2.05) is 0 Å². The molecule has 0 aliphatic carbocycles. The maximum Gasteiger partial charge on any atom is 0.226 e. The molecule has 2 aromatic heterocycles. The molecule has 1 N–H and O–H groups in total. The van der Waals surface area contributed by atoms with Crippen molar-refractivity contribution in [3.05, 3.63) is 54.2 Å². The Hall–Kier alpha value is -2.45. The summed E-state index contributed by atoms with van der Waals surface area (Å²) in [6.45, 7) is 0. The van der Waals surface area contributed by atoms with Crippen molar-refractivity contribution in [3.8, 4) is 22.8 Å². The molecule has 0 spiro atoms. The van der Waals surface area contributed by atoms with Gasteiger partial charge in [-0.15, -0.1) is 5.10 Å². The first-order chi connectivity index (χ1) is 10.6. The number of hydrogen-bond acceptors (Lipinski definition) is 5. The van der Waals surface area contributed by atoms with Gasteiger partial charge in [-0.2, -0.15) is 5.10 Å². The molecule has 3 rings (SSSR count). The van der Waals surface area contributed by atoms with E-state index >= 15 is 0 Å². The van der Waals surface area contributed by atoms with Crippen LogP contribution < -0.4 is 0 Å². The Bertz CT molecular complexity index is 803. The molecule has 22 heavy (non-hydrogen) atoms. The minimum atomic E-state index is -1.96. The van der Waals surface area contributed by atoms with Crippen LogP contribution in [0.5, 0.6) is 0 Å². The minimum absolute atomic E-state index is 0.0765. The fourth-order valence-electron chi connectivity index (χ4n) is 1.82. The Kier molecular flexibility index (Phi) is 4.03. The third kappa shape index (κ3) is 3.23. The van der Waals surface area contributed by atoms with Crippen LogP contribution in [-0.4, -0.2) is 23.9 Å². The lowest BCUT2D eigenvalue weighted by Gasteiger charge is -1.97. The van der Waals surface area contributed by atoms with Gasteiger partial charge >= 0.3 is 0 Å². The molecule has 6 nitrogen and oxygen atoms in total. The summed E-state index contributed by atoms with van der Waals surface area (Å²) in [6, 6.07) is 9.02. The van der Waals surface area contributed by atoms with Crippen molar-refractivity contribution >= 4 is 11.1 Å². The van der Waals surface area contributed by atoms with Crippen molar-refractivity contribution in [2.75, 3.05) is 0 Å². The van der Waals surface area contributed by atoms with Gasteiger partial charge in [0.05, 0.1) is 11.4 Å². The predicted octanol–water partition coefficient (Wildman–Crippen LogP) is 2.66. The largest absolute Gasteiger partial charge is 0.444 e. The van der Waals surface area contributed by atoms with Gasteiger partial charge in [-0.1, -0.05) is 0 Å². The highest BCUT2D eigenvalue weighted by Crippen LogP contribution is 2.23. The second-order valence-corrected chi connectivity index (χ2v) is 5.35. The first-order valence-electron chi connectivity index (χ1n) is 6.24. The number of oxazole rings is 1. The van der Waals surface area contributed by atoms with E-state index in [2.05, 4.69) is 15.2 Å². The second-order valence-electron chi connectivity index (χ2n) is 4.42. The summed E-state index contributed by atoms with van der Waals surface area (Å²) in [5.74, 6) is -0.0667. The highest BCUT2D eigenvalue weighted by molar-refractivity contribution is 7.78. The van der Waals surface area contributed by atoms with Crippen LogP contribution in [0.15, 0.2) is 47.1 Å². The molecule has 1 atom stereocenters. The van der Waals surface area contributed by atoms with E-state index in [4.69, 9.17) is 8.97 Å². The fourth-order valence-corrected chi connectivity index (χ4v) is 2.22. The van der Waals surface area contributed by atoms with Crippen molar-refractivity contribution in [3.63, 3.8) is 0 Å². The van der Waals surface area contributed by atoms with Crippen LogP contribution in [-0.2, 0) is 16.8 Å². The van der Waals surface area contributed by atoms with Gasteiger partial charge in [0.1, 0.15) is 23.5 Å². The molecule has 8 heteroatoms. The van der Waals surface area contributed by atoms with Crippen molar-refractivity contribution < 1.29 is 17.6 Å². The normalized spacial score (nSPS) is 12.3. The molecule has 1 unspecified atom stereocenters. The number of nitrogens with zero attached hydrogens (tertiary/aromatic N) is 3. The molecule has 0 radical (unpaired) electrons. The van der Waals surface area contributed by atoms with Crippen LogP contribution in [0.2, 0.25) is 0 Å². The summed E-state index contributed by atoms with van der Waals surface area (Å²) in [5.41, 5.74) is 2.01. The van der Waals surface area contributed by atoms with E-state index in [0.717, 1.165) is 0 Å². The Labute approximate surface area is 127 Å². The monoisotopic (exact) mass is 319 g/mol. The van der Waals surface area contributed by atoms with Gasteiger partial charge < -0.3 is 8.97 Å². The van der Waals surface area contributed by atoms with Crippen LogP contribution >= 0.6 is 0 Å². The minimum Gasteiger partial charge on any atom is -0.444 e. The predicted molar refractivity (Wildman–Crippen MR) is 77.4 cm³/mol. The molecule has 0 fully saturated rings. The zero-order chi connectivity index (χ0) is 15.5. The lowest BCUT2D eigenvalue weighted by Crippen LogP contribution is -1.98. The van der Waals surface area contributed by atoms with Crippen molar-refractivity contribution in [2.45, 2.75) is 5.75 Å². The van der Waals surface area contributed by atoms with Crippen LogP contribution in [0.1, 0.15) is 5.69 Å². The summed E-state index contributed by atoms with van der Waals surface area (Å²) in [7, 11) is 0. The lowest BCUT2D eigenvalue weighted by atomic mass is 10.2. The van der Waals surface area contributed by atoms with Crippen LogP contribution in [0.25, 0.3) is 22.8 Å². The number of rotatable bonds is 4. The number of benzene rings is 1. The zero-order valence-electron chi connectivity index (χ0n) is 11.1. The number of hydrogen-bond donors (Lipinski definition) is 1. The van der Waals surface area contributed by atoms with E-state index in [1.165, 1.54) is 18.4 Å². The quantitative estimate of drug-likeness (QED) is 0.744. The lowest BCUT2D eigenvalue weighted by molar-refractivity contribution is 0.562. The van der Waals surface area contributed by atoms with Crippen molar-refractivity contribution in [1.82, 2.24) is 15.2 Å². The number of halogens is 1. The van der Waals surface area contributed by atoms with E-state index < -0.39 is 11.1 Å². The molecule has 0 saturated carbocycles. The van der Waals surface area contributed by atoms with Gasteiger partial charge in [-0.25, -0.2) is 13.6 Å². The van der Waals surface area contributed by atoms with E-state index in [1.54, 1.807) is 24.3 Å². The fraction of sp³-hybridized carbons (Fsp3) is 0.0714. The van der Waals surface area contributed by atoms with Crippen LogP contribution in [0.3, 0.4) is 0 Å². The smallest absolute Gasteiger partial charge is 0.226 e. The molecule has 0 aliphatic heterocycles. The molecule has 0 bridgehead atoms. The molecule has 1 aromatic carbocycles. The van der Waals surface area contributed by atoms with Crippen LogP contribution in [0.4, 0.5) is 4.39 Å². The Morgan fingerprint density at radius 1 is 1.09 bits per heavy atom.